The molecule has 4 rings (SSSR count). The summed E-state index contributed by atoms with van der Waals surface area (Å²) >= 11 is 5.95. The van der Waals surface area contributed by atoms with E-state index in [1.54, 1.807) is 4.68 Å². The Morgan fingerprint density at radius 1 is 1.17 bits per heavy atom. The molecule has 0 aliphatic carbocycles. The van der Waals surface area contributed by atoms with E-state index in [9.17, 15) is 4.79 Å². The van der Waals surface area contributed by atoms with Crippen LogP contribution in [0.3, 0.4) is 0 Å². The van der Waals surface area contributed by atoms with Gasteiger partial charge in [0.1, 0.15) is 0 Å². The maximum Gasteiger partial charge on any atom is 0.227 e. The molecule has 6 nitrogen and oxygen atoms in total. The first-order valence-electron chi connectivity index (χ1n) is 8.00. The van der Waals surface area contributed by atoms with Crippen LogP contribution in [0.1, 0.15) is 30.1 Å². The predicted molar refractivity (Wildman–Crippen MR) is 85.0 cm³/mol. The molecule has 0 spiro atoms. The van der Waals surface area contributed by atoms with Crippen LogP contribution in [0.2, 0.25) is 5.02 Å². The minimum atomic E-state index is -0.00466. The predicted octanol–water partition coefficient (Wildman–Crippen LogP) is 1.90. The van der Waals surface area contributed by atoms with Gasteiger partial charge in [-0.25, -0.2) is 4.68 Å². The van der Waals surface area contributed by atoms with E-state index >= 15 is 0 Å². The van der Waals surface area contributed by atoms with Crippen molar-refractivity contribution in [2.45, 2.75) is 31.7 Å². The van der Waals surface area contributed by atoms with Crippen LogP contribution in [-0.2, 0) is 17.8 Å². The second-order valence-electron chi connectivity index (χ2n) is 6.33. The summed E-state index contributed by atoms with van der Waals surface area (Å²) < 4.78 is 1.76. The average molecular weight is 332 g/mol. The largest absolute Gasteiger partial charge is 0.342 e. The molecule has 1 fully saturated rings. The van der Waals surface area contributed by atoms with Crippen LogP contribution in [-0.4, -0.2) is 44.1 Å². The molecule has 2 atom stereocenters. The Kier molecular flexibility index (Phi) is 3.77. The molecule has 0 N–H and O–H groups in total. The van der Waals surface area contributed by atoms with Crippen LogP contribution < -0.4 is 0 Å². The van der Waals surface area contributed by atoms with Gasteiger partial charge in [0.05, 0.1) is 12.5 Å². The highest BCUT2D eigenvalue weighted by atomic mass is 35.5. The highest BCUT2D eigenvalue weighted by Crippen LogP contribution is 2.30. The lowest BCUT2D eigenvalue weighted by Gasteiger charge is -2.26. The summed E-state index contributed by atoms with van der Waals surface area (Å²) in [5.41, 5.74) is 1.26. The fraction of sp³-hybridized carbons (Fsp3) is 0.500. The number of carbonyl (C=O) groups is 1. The molecule has 2 aliphatic heterocycles. The lowest BCUT2D eigenvalue weighted by atomic mass is 9.97. The third kappa shape index (κ3) is 2.83. The Bertz CT molecular complexity index is 714. The number of aryl methyl sites for hydroxylation is 1. The molecule has 2 unspecified atom stereocenters. The SMILES string of the molecule is O=C(C1CCc2nnnn2C1)N1CCC(c2ccc(Cl)cc2)C1. The van der Waals surface area contributed by atoms with Crippen LogP contribution in [0, 0.1) is 5.92 Å². The zero-order chi connectivity index (χ0) is 15.8. The molecule has 2 aromatic rings. The summed E-state index contributed by atoms with van der Waals surface area (Å²) in [6.07, 6.45) is 2.62. The fourth-order valence-corrected chi connectivity index (χ4v) is 3.70. The molecule has 3 heterocycles. The van der Waals surface area contributed by atoms with Crippen molar-refractivity contribution in [2.75, 3.05) is 13.1 Å². The Labute approximate surface area is 139 Å². The maximum atomic E-state index is 12.8. The van der Waals surface area contributed by atoms with Crippen LogP contribution >= 0.6 is 11.6 Å². The van der Waals surface area contributed by atoms with Crippen molar-refractivity contribution in [1.29, 1.82) is 0 Å². The molecule has 120 valence electrons. The van der Waals surface area contributed by atoms with Gasteiger partial charge in [-0.15, -0.1) is 5.10 Å². The number of hydrogen-bond donors (Lipinski definition) is 0. The number of tetrazole rings is 1. The summed E-state index contributed by atoms with van der Waals surface area (Å²) in [5.74, 6) is 1.52. The first kappa shape index (κ1) is 14.6. The molecule has 0 bridgehead atoms. The van der Waals surface area contributed by atoms with E-state index in [-0.39, 0.29) is 11.8 Å². The van der Waals surface area contributed by atoms with E-state index in [0.29, 0.717) is 12.5 Å². The van der Waals surface area contributed by atoms with Gasteiger partial charge in [-0.1, -0.05) is 23.7 Å². The number of carbonyl (C=O) groups excluding carboxylic acids is 1. The monoisotopic (exact) mass is 331 g/mol. The molecule has 0 radical (unpaired) electrons. The molecule has 7 heteroatoms. The molecule has 0 saturated carbocycles. The van der Waals surface area contributed by atoms with E-state index in [2.05, 4.69) is 27.7 Å². The molecule has 1 saturated heterocycles. The molecule has 1 amide bonds. The number of rotatable bonds is 2. The first-order chi connectivity index (χ1) is 11.2. The van der Waals surface area contributed by atoms with E-state index in [1.165, 1.54) is 5.56 Å². The van der Waals surface area contributed by atoms with Crippen LogP contribution in [0.25, 0.3) is 0 Å². The minimum Gasteiger partial charge on any atom is -0.342 e. The number of benzene rings is 1. The molecule has 23 heavy (non-hydrogen) atoms. The number of likely N-dealkylation sites (tertiary alicyclic amines) is 1. The van der Waals surface area contributed by atoms with E-state index in [0.717, 1.165) is 43.2 Å². The zero-order valence-electron chi connectivity index (χ0n) is 12.7. The molecular weight excluding hydrogens is 314 g/mol. The van der Waals surface area contributed by atoms with E-state index in [4.69, 9.17) is 11.6 Å². The molecule has 1 aromatic heterocycles. The lowest BCUT2D eigenvalue weighted by molar-refractivity contribution is -0.135. The van der Waals surface area contributed by atoms with Gasteiger partial charge in [-0.3, -0.25) is 4.79 Å². The number of aromatic nitrogens is 4. The van der Waals surface area contributed by atoms with Crippen molar-refractivity contribution >= 4 is 17.5 Å². The zero-order valence-corrected chi connectivity index (χ0v) is 13.5. The highest BCUT2D eigenvalue weighted by molar-refractivity contribution is 6.30. The Balaban J connectivity index is 1.41. The van der Waals surface area contributed by atoms with Crippen molar-refractivity contribution in [1.82, 2.24) is 25.1 Å². The highest BCUT2D eigenvalue weighted by Gasteiger charge is 2.34. The fourth-order valence-electron chi connectivity index (χ4n) is 3.57. The van der Waals surface area contributed by atoms with Gasteiger partial charge in [0.15, 0.2) is 5.82 Å². The third-order valence-electron chi connectivity index (χ3n) is 4.91. The smallest absolute Gasteiger partial charge is 0.227 e. The van der Waals surface area contributed by atoms with Crippen molar-refractivity contribution < 1.29 is 4.79 Å². The van der Waals surface area contributed by atoms with Gasteiger partial charge in [0, 0.05) is 30.5 Å². The number of hydrogen-bond acceptors (Lipinski definition) is 4. The van der Waals surface area contributed by atoms with Crippen molar-refractivity contribution in [3.8, 4) is 0 Å². The number of nitrogens with zero attached hydrogens (tertiary/aromatic N) is 5. The van der Waals surface area contributed by atoms with Gasteiger partial charge in [-0.05, 0) is 41.0 Å². The van der Waals surface area contributed by atoms with Gasteiger partial charge < -0.3 is 4.90 Å². The number of fused-ring (bicyclic) bond motifs is 1. The standard InChI is InChI=1S/C16H18ClN5O/c17-14-4-1-11(2-5-14)12-7-8-21(9-12)16(23)13-3-6-15-18-19-20-22(15)10-13/h1-2,4-5,12-13H,3,6-10H2. The summed E-state index contributed by atoms with van der Waals surface area (Å²) in [4.78, 5) is 14.8. The van der Waals surface area contributed by atoms with Crippen molar-refractivity contribution in [2.24, 2.45) is 5.92 Å². The van der Waals surface area contributed by atoms with Crippen LogP contribution in [0.5, 0.6) is 0 Å². The Morgan fingerprint density at radius 3 is 2.83 bits per heavy atom. The van der Waals surface area contributed by atoms with Crippen molar-refractivity contribution in [3.63, 3.8) is 0 Å². The summed E-state index contributed by atoms with van der Waals surface area (Å²) in [6.45, 7) is 2.22. The first-order valence-corrected chi connectivity index (χ1v) is 8.38. The average Bonchev–Trinajstić information content (AvgIpc) is 3.23. The second-order valence-corrected chi connectivity index (χ2v) is 6.77. The maximum absolute atomic E-state index is 12.8. The van der Waals surface area contributed by atoms with Crippen LogP contribution in [0.4, 0.5) is 0 Å². The van der Waals surface area contributed by atoms with E-state index < -0.39 is 0 Å². The topological polar surface area (TPSA) is 63.9 Å². The summed E-state index contributed by atoms with van der Waals surface area (Å²) in [7, 11) is 0. The lowest BCUT2D eigenvalue weighted by Crippen LogP contribution is -2.38. The van der Waals surface area contributed by atoms with Gasteiger partial charge in [0.2, 0.25) is 5.91 Å². The third-order valence-corrected chi connectivity index (χ3v) is 5.16. The van der Waals surface area contributed by atoms with Gasteiger partial charge >= 0.3 is 0 Å². The van der Waals surface area contributed by atoms with Crippen LogP contribution in [0.15, 0.2) is 24.3 Å². The second kappa shape index (κ2) is 5.92. The van der Waals surface area contributed by atoms with Gasteiger partial charge in [0.25, 0.3) is 0 Å². The molecule has 2 aliphatic rings. The van der Waals surface area contributed by atoms with Gasteiger partial charge in [-0.2, -0.15) is 0 Å². The minimum absolute atomic E-state index is 0.00466. The van der Waals surface area contributed by atoms with E-state index in [1.807, 2.05) is 17.0 Å². The molecule has 1 aromatic carbocycles. The number of halogens is 1. The number of amides is 1. The van der Waals surface area contributed by atoms with Crippen molar-refractivity contribution in [3.05, 3.63) is 40.7 Å². The molecular formula is C16H18ClN5O. The summed E-state index contributed by atoms with van der Waals surface area (Å²) in [6, 6.07) is 7.97. The quantitative estimate of drug-likeness (QED) is 0.843. The normalized spacial score (nSPS) is 23.8. The Hall–Kier alpha value is -1.95. The summed E-state index contributed by atoms with van der Waals surface area (Å²) in [5, 5.41) is 12.4. The Morgan fingerprint density at radius 2 is 2.00 bits per heavy atom.